The maximum absolute atomic E-state index is 12.8. The average Bonchev–Trinajstić information content (AvgIpc) is 3.47. The van der Waals surface area contributed by atoms with Gasteiger partial charge in [-0.2, -0.15) is 15.5 Å². The quantitative estimate of drug-likeness (QED) is 0.327. The van der Waals surface area contributed by atoms with Crippen molar-refractivity contribution in [3.8, 4) is 6.07 Å². The number of H-pyrrole nitrogens is 1. The van der Waals surface area contributed by atoms with Crippen LogP contribution < -0.4 is 5.32 Å². The number of benzene rings is 2. The van der Waals surface area contributed by atoms with Crippen molar-refractivity contribution >= 4 is 50.9 Å². The molecule has 10 heteroatoms. The Morgan fingerprint density at radius 2 is 1.91 bits per heavy atom. The van der Waals surface area contributed by atoms with Gasteiger partial charge in [0.05, 0.1) is 40.4 Å². The molecular formula is C25H21Cl2N7O. The minimum absolute atomic E-state index is 0.0514. The second kappa shape index (κ2) is 10.6. The SMILES string of the molecule is CC.N#Cc1nn(Cc2ccc3ncc(Cl)cc3c2)cc1C(=O)NCc1[nH]nc2ccc(Cl)cc12. The van der Waals surface area contributed by atoms with E-state index in [2.05, 4.69) is 25.6 Å². The molecule has 0 aliphatic heterocycles. The minimum Gasteiger partial charge on any atom is -0.346 e. The van der Waals surface area contributed by atoms with Crippen molar-refractivity contribution in [2.45, 2.75) is 26.9 Å². The minimum atomic E-state index is -0.405. The molecule has 0 saturated heterocycles. The van der Waals surface area contributed by atoms with E-state index < -0.39 is 5.91 Å². The maximum atomic E-state index is 12.8. The molecule has 2 aromatic carbocycles. The Labute approximate surface area is 211 Å². The number of hydrogen-bond donors (Lipinski definition) is 2. The maximum Gasteiger partial charge on any atom is 0.256 e. The Morgan fingerprint density at radius 3 is 2.71 bits per heavy atom. The average molecular weight is 506 g/mol. The molecule has 5 rings (SSSR count). The highest BCUT2D eigenvalue weighted by molar-refractivity contribution is 6.31. The Bertz CT molecular complexity index is 1570. The summed E-state index contributed by atoms with van der Waals surface area (Å²) in [5.74, 6) is -0.405. The molecule has 0 radical (unpaired) electrons. The molecule has 0 fully saturated rings. The molecule has 3 heterocycles. The molecule has 3 aromatic heterocycles. The number of aromatic amines is 1. The summed E-state index contributed by atoms with van der Waals surface area (Å²) < 4.78 is 1.57. The first-order valence-corrected chi connectivity index (χ1v) is 11.7. The normalized spacial score (nSPS) is 10.6. The summed E-state index contributed by atoms with van der Waals surface area (Å²) in [5.41, 5.74) is 3.48. The number of aromatic nitrogens is 5. The van der Waals surface area contributed by atoms with E-state index in [1.54, 1.807) is 35.3 Å². The van der Waals surface area contributed by atoms with Crippen LogP contribution in [0.5, 0.6) is 0 Å². The molecule has 176 valence electrons. The van der Waals surface area contributed by atoms with E-state index in [9.17, 15) is 10.1 Å². The third kappa shape index (κ3) is 5.27. The summed E-state index contributed by atoms with van der Waals surface area (Å²) in [7, 11) is 0. The van der Waals surface area contributed by atoms with Gasteiger partial charge in [-0.1, -0.05) is 43.1 Å². The smallest absolute Gasteiger partial charge is 0.256 e. The van der Waals surface area contributed by atoms with Crippen LogP contribution in [0.4, 0.5) is 0 Å². The molecule has 2 N–H and O–H groups in total. The van der Waals surface area contributed by atoms with E-state index >= 15 is 0 Å². The van der Waals surface area contributed by atoms with Crippen LogP contribution in [0.15, 0.2) is 54.9 Å². The van der Waals surface area contributed by atoms with E-state index in [1.165, 1.54) is 0 Å². The van der Waals surface area contributed by atoms with Crippen LogP contribution in [0.25, 0.3) is 21.8 Å². The number of halogens is 2. The van der Waals surface area contributed by atoms with Gasteiger partial charge in [-0.05, 0) is 42.0 Å². The summed E-state index contributed by atoms with van der Waals surface area (Å²) in [6.45, 7) is 4.58. The fourth-order valence-electron chi connectivity index (χ4n) is 3.62. The molecule has 5 aromatic rings. The van der Waals surface area contributed by atoms with Crippen LogP contribution in [0.1, 0.15) is 41.2 Å². The van der Waals surface area contributed by atoms with Gasteiger partial charge in [0.2, 0.25) is 0 Å². The first-order chi connectivity index (χ1) is 17.0. The first-order valence-electron chi connectivity index (χ1n) is 10.9. The number of hydrogen-bond acceptors (Lipinski definition) is 5. The summed E-state index contributed by atoms with van der Waals surface area (Å²) >= 11 is 12.1. The van der Waals surface area contributed by atoms with Crippen LogP contribution in [0, 0.1) is 11.3 Å². The molecule has 0 aliphatic carbocycles. The van der Waals surface area contributed by atoms with E-state index in [1.807, 2.05) is 44.2 Å². The van der Waals surface area contributed by atoms with Crippen molar-refractivity contribution in [3.05, 3.63) is 87.4 Å². The molecule has 35 heavy (non-hydrogen) atoms. The van der Waals surface area contributed by atoms with Crippen LogP contribution in [0.3, 0.4) is 0 Å². The second-order valence-corrected chi connectivity index (χ2v) is 8.30. The Balaban J connectivity index is 0.00000141. The molecule has 8 nitrogen and oxygen atoms in total. The topological polar surface area (TPSA) is 112 Å². The van der Waals surface area contributed by atoms with Crippen molar-refractivity contribution in [2.24, 2.45) is 0 Å². The van der Waals surface area contributed by atoms with Crippen molar-refractivity contribution < 1.29 is 4.79 Å². The van der Waals surface area contributed by atoms with E-state index in [0.717, 1.165) is 33.1 Å². The number of carbonyl (C=O) groups excluding carboxylic acids is 1. The molecule has 0 spiro atoms. The Kier molecular flexibility index (Phi) is 7.30. The molecule has 0 aliphatic rings. The van der Waals surface area contributed by atoms with Gasteiger partial charge in [0.15, 0.2) is 5.69 Å². The largest absolute Gasteiger partial charge is 0.346 e. The summed E-state index contributed by atoms with van der Waals surface area (Å²) in [6.07, 6.45) is 3.16. The monoisotopic (exact) mass is 505 g/mol. The van der Waals surface area contributed by atoms with Gasteiger partial charge in [-0.15, -0.1) is 0 Å². The van der Waals surface area contributed by atoms with Crippen LogP contribution in [-0.2, 0) is 13.1 Å². The number of rotatable bonds is 5. The number of carbonyl (C=O) groups is 1. The number of nitriles is 1. The van der Waals surface area contributed by atoms with Crippen LogP contribution >= 0.6 is 23.2 Å². The molecule has 0 saturated carbocycles. The number of amides is 1. The third-order valence-electron chi connectivity index (χ3n) is 5.19. The van der Waals surface area contributed by atoms with Gasteiger partial charge in [0.25, 0.3) is 5.91 Å². The van der Waals surface area contributed by atoms with E-state index in [4.69, 9.17) is 23.2 Å². The van der Waals surface area contributed by atoms with Crippen molar-refractivity contribution in [1.82, 2.24) is 30.3 Å². The fourth-order valence-corrected chi connectivity index (χ4v) is 3.96. The number of nitrogens with one attached hydrogen (secondary N) is 2. The van der Waals surface area contributed by atoms with Gasteiger partial charge in [-0.25, -0.2) is 0 Å². The summed E-state index contributed by atoms with van der Waals surface area (Å²) in [4.78, 5) is 17.1. The molecular weight excluding hydrogens is 485 g/mol. The molecule has 0 unspecified atom stereocenters. The van der Waals surface area contributed by atoms with Gasteiger partial charge in [0.1, 0.15) is 6.07 Å². The van der Waals surface area contributed by atoms with Gasteiger partial charge in [0, 0.05) is 28.2 Å². The lowest BCUT2D eigenvalue weighted by Crippen LogP contribution is -2.23. The number of fused-ring (bicyclic) bond motifs is 2. The highest BCUT2D eigenvalue weighted by Gasteiger charge is 2.17. The zero-order chi connectivity index (χ0) is 24.9. The number of pyridine rings is 1. The van der Waals surface area contributed by atoms with E-state index in [0.29, 0.717) is 16.6 Å². The third-order valence-corrected chi connectivity index (χ3v) is 5.63. The molecule has 0 bridgehead atoms. The highest BCUT2D eigenvalue weighted by Crippen LogP contribution is 2.21. The number of nitrogens with zero attached hydrogens (tertiary/aromatic N) is 5. The molecule has 1 amide bonds. The van der Waals surface area contributed by atoms with Crippen LogP contribution in [-0.4, -0.2) is 30.9 Å². The van der Waals surface area contributed by atoms with Crippen molar-refractivity contribution in [2.75, 3.05) is 0 Å². The first kappa shape index (κ1) is 24.2. The lowest BCUT2D eigenvalue weighted by molar-refractivity contribution is 0.0950. The summed E-state index contributed by atoms with van der Waals surface area (Å²) in [6, 6.07) is 14.9. The Morgan fingerprint density at radius 1 is 1.11 bits per heavy atom. The van der Waals surface area contributed by atoms with Gasteiger partial charge in [-0.3, -0.25) is 19.6 Å². The van der Waals surface area contributed by atoms with Gasteiger partial charge < -0.3 is 5.32 Å². The molecule has 0 atom stereocenters. The predicted molar refractivity (Wildman–Crippen MR) is 136 cm³/mol. The lowest BCUT2D eigenvalue weighted by Gasteiger charge is -2.04. The Hall–Kier alpha value is -3.93. The van der Waals surface area contributed by atoms with Crippen molar-refractivity contribution in [3.63, 3.8) is 0 Å². The highest BCUT2D eigenvalue weighted by atomic mass is 35.5. The summed E-state index contributed by atoms with van der Waals surface area (Å²) in [5, 5.41) is 26.5. The zero-order valence-electron chi connectivity index (χ0n) is 19.0. The zero-order valence-corrected chi connectivity index (χ0v) is 20.5. The lowest BCUT2D eigenvalue weighted by atomic mass is 10.1. The standard InChI is InChI=1S/C23H15Cl2N7O.C2H6/c24-15-2-4-20-17(7-15)22(30-29-20)10-28-23(33)18-12-32(31-21(18)8-26)11-13-1-3-19-14(5-13)6-16(25)9-27-19;1-2/h1-7,9,12H,10-11H2,(H,28,33)(H,29,30);1-2H3. The van der Waals surface area contributed by atoms with E-state index in [-0.39, 0.29) is 17.8 Å². The second-order valence-electron chi connectivity index (χ2n) is 7.43. The predicted octanol–water partition coefficient (Wildman–Crippen LogP) is 5.49. The van der Waals surface area contributed by atoms with Crippen LogP contribution in [0.2, 0.25) is 10.0 Å². The fraction of sp³-hybridized carbons (Fsp3) is 0.160. The van der Waals surface area contributed by atoms with Crippen molar-refractivity contribution in [1.29, 1.82) is 5.26 Å². The van der Waals surface area contributed by atoms with Gasteiger partial charge >= 0.3 is 0 Å².